The van der Waals surface area contributed by atoms with Crippen molar-refractivity contribution in [2.75, 3.05) is 21.3 Å². The second-order valence-corrected chi connectivity index (χ2v) is 5.30. The molecule has 5 heteroatoms. The summed E-state index contributed by atoms with van der Waals surface area (Å²) in [6.45, 7) is 1.75. The van der Waals surface area contributed by atoms with Crippen LogP contribution in [-0.2, 0) is 9.53 Å². The number of methoxy groups -OCH3 is 3. The zero-order chi connectivity index (χ0) is 18.2. The van der Waals surface area contributed by atoms with E-state index in [9.17, 15) is 4.79 Å². The van der Waals surface area contributed by atoms with Crippen molar-refractivity contribution < 1.29 is 23.7 Å². The van der Waals surface area contributed by atoms with E-state index in [2.05, 4.69) is 0 Å². The number of hydrogen-bond acceptors (Lipinski definition) is 5. The van der Waals surface area contributed by atoms with Crippen molar-refractivity contribution in [3.63, 3.8) is 0 Å². The maximum atomic E-state index is 12.4. The number of rotatable bonds is 7. The van der Waals surface area contributed by atoms with Gasteiger partial charge in [0.25, 0.3) is 0 Å². The molecule has 0 N–H and O–H groups in total. The molecule has 0 amide bonds. The van der Waals surface area contributed by atoms with Crippen LogP contribution >= 0.6 is 0 Å². The zero-order valence-corrected chi connectivity index (χ0v) is 14.8. The second-order valence-electron chi connectivity index (χ2n) is 5.30. The molecule has 1 atom stereocenters. The van der Waals surface area contributed by atoms with Crippen LogP contribution in [0.15, 0.2) is 48.7 Å². The van der Waals surface area contributed by atoms with Gasteiger partial charge in [-0.15, -0.1) is 0 Å². The molecule has 0 aliphatic heterocycles. The lowest BCUT2D eigenvalue weighted by Crippen LogP contribution is -2.12. The van der Waals surface area contributed by atoms with Gasteiger partial charge in [0.1, 0.15) is 0 Å². The highest BCUT2D eigenvalue weighted by atomic mass is 16.5. The predicted molar refractivity (Wildman–Crippen MR) is 96.1 cm³/mol. The fourth-order valence-corrected chi connectivity index (χ4v) is 2.44. The third-order valence-electron chi connectivity index (χ3n) is 3.80. The van der Waals surface area contributed by atoms with Gasteiger partial charge >= 0.3 is 5.97 Å². The minimum atomic E-state index is -0.532. The summed E-state index contributed by atoms with van der Waals surface area (Å²) in [6, 6.07) is 13.1. The summed E-state index contributed by atoms with van der Waals surface area (Å²) in [5.74, 6) is 0.515. The Morgan fingerprint density at radius 1 is 0.920 bits per heavy atom. The summed E-state index contributed by atoms with van der Waals surface area (Å²) < 4.78 is 21.3. The van der Waals surface area contributed by atoms with Crippen LogP contribution in [0.2, 0.25) is 0 Å². The van der Waals surface area contributed by atoms with Crippen molar-refractivity contribution in [2.45, 2.75) is 12.8 Å². The number of hydrogen-bond donors (Lipinski definition) is 0. The minimum Gasteiger partial charge on any atom is -0.493 e. The van der Waals surface area contributed by atoms with Crippen LogP contribution in [0.5, 0.6) is 17.2 Å². The van der Waals surface area contributed by atoms with Crippen LogP contribution in [-0.4, -0.2) is 27.3 Å². The lowest BCUT2D eigenvalue weighted by Gasteiger charge is -2.18. The molecule has 5 nitrogen and oxygen atoms in total. The van der Waals surface area contributed by atoms with Gasteiger partial charge in [0, 0.05) is 5.56 Å². The molecule has 1 unspecified atom stereocenters. The Bertz CT molecular complexity index is 737. The molecular weight excluding hydrogens is 320 g/mol. The van der Waals surface area contributed by atoms with Crippen molar-refractivity contribution >= 4 is 12.0 Å². The first kappa shape index (κ1) is 18.4. The Balaban J connectivity index is 2.17. The maximum absolute atomic E-state index is 12.4. The van der Waals surface area contributed by atoms with E-state index < -0.39 is 11.9 Å². The topological polar surface area (TPSA) is 54.0 Å². The molecule has 0 aromatic heterocycles. The number of ether oxygens (including phenoxy) is 4. The van der Waals surface area contributed by atoms with Gasteiger partial charge in [-0.2, -0.15) is 0 Å². The van der Waals surface area contributed by atoms with Gasteiger partial charge in [-0.1, -0.05) is 36.4 Å². The van der Waals surface area contributed by atoms with Crippen LogP contribution in [0.3, 0.4) is 0 Å². The number of esters is 1. The standard InChI is InChI=1S/C20H22O5/c1-14(20(21)25-13-12-15-8-6-5-7-9-15)16-10-11-17(22-2)19(24-4)18(16)23-3/h5-14H,1-4H3. The van der Waals surface area contributed by atoms with E-state index in [1.165, 1.54) is 20.5 Å². The van der Waals surface area contributed by atoms with Crippen LogP contribution < -0.4 is 14.2 Å². The minimum absolute atomic E-state index is 0.391. The average molecular weight is 342 g/mol. The molecule has 2 aromatic rings. The molecule has 0 saturated carbocycles. The molecule has 0 aliphatic carbocycles. The van der Waals surface area contributed by atoms with E-state index in [0.29, 0.717) is 22.8 Å². The van der Waals surface area contributed by atoms with Crippen molar-refractivity contribution in [1.29, 1.82) is 0 Å². The third kappa shape index (κ3) is 4.32. The Labute approximate surface area is 147 Å². The molecule has 0 spiro atoms. The normalized spacial score (nSPS) is 11.8. The first-order valence-electron chi connectivity index (χ1n) is 7.83. The van der Waals surface area contributed by atoms with Crippen molar-refractivity contribution in [2.24, 2.45) is 0 Å². The molecule has 132 valence electrons. The summed E-state index contributed by atoms with van der Waals surface area (Å²) in [4.78, 5) is 12.4. The molecule has 0 fully saturated rings. The number of benzene rings is 2. The van der Waals surface area contributed by atoms with Crippen molar-refractivity contribution in [1.82, 2.24) is 0 Å². The predicted octanol–water partition coefficient (Wildman–Crippen LogP) is 4.03. The number of carbonyl (C=O) groups is 1. The summed E-state index contributed by atoms with van der Waals surface area (Å²) >= 11 is 0. The van der Waals surface area contributed by atoms with E-state index in [1.807, 2.05) is 30.3 Å². The van der Waals surface area contributed by atoms with Gasteiger partial charge in [-0.05, 0) is 24.6 Å². The highest BCUT2D eigenvalue weighted by Gasteiger charge is 2.24. The molecule has 0 heterocycles. The quantitative estimate of drug-likeness (QED) is 0.562. The first-order chi connectivity index (χ1) is 12.1. The summed E-state index contributed by atoms with van der Waals surface area (Å²) in [7, 11) is 4.59. The van der Waals surface area contributed by atoms with Crippen LogP contribution in [0, 0.1) is 0 Å². The van der Waals surface area contributed by atoms with Gasteiger partial charge in [0.05, 0.1) is 33.5 Å². The largest absolute Gasteiger partial charge is 0.493 e. The van der Waals surface area contributed by atoms with E-state index >= 15 is 0 Å². The van der Waals surface area contributed by atoms with Gasteiger partial charge in [0.2, 0.25) is 5.75 Å². The zero-order valence-electron chi connectivity index (χ0n) is 14.8. The maximum Gasteiger partial charge on any atom is 0.318 e. The van der Waals surface area contributed by atoms with Crippen LogP contribution in [0.25, 0.3) is 6.08 Å². The third-order valence-corrected chi connectivity index (χ3v) is 3.80. The average Bonchev–Trinajstić information content (AvgIpc) is 2.66. The SMILES string of the molecule is COc1ccc(C(C)C(=O)OC=Cc2ccccc2)c(OC)c1OC. The summed E-state index contributed by atoms with van der Waals surface area (Å²) in [5.41, 5.74) is 1.62. The first-order valence-corrected chi connectivity index (χ1v) is 7.83. The van der Waals surface area contributed by atoms with E-state index in [4.69, 9.17) is 18.9 Å². The highest BCUT2D eigenvalue weighted by Crippen LogP contribution is 2.42. The van der Waals surface area contributed by atoms with Gasteiger partial charge < -0.3 is 18.9 Å². The molecular formula is C20H22O5. The van der Waals surface area contributed by atoms with Crippen LogP contribution in [0.1, 0.15) is 24.0 Å². The van der Waals surface area contributed by atoms with E-state index in [1.54, 1.807) is 32.2 Å². The number of carbonyl (C=O) groups excluding carboxylic acids is 1. The van der Waals surface area contributed by atoms with Gasteiger partial charge in [0.15, 0.2) is 11.5 Å². The smallest absolute Gasteiger partial charge is 0.318 e. The summed E-state index contributed by atoms with van der Waals surface area (Å²) in [5, 5.41) is 0. The van der Waals surface area contributed by atoms with E-state index in [0.717, 1.165) is 5.56 Å². The Hall–Kier alpha value is -2.95. The van der Waals surface area contributed by atoms with E-state index in [-0.39, 0.29) is 0 Å². The Kier molecular flexibility index (Phi) is 6.46. The molecule has 25 heavy (non-hydrogen) atoms. The molecule has 0 saturated heterocycles. The molecule has 0 radical (unpaired) electrons. The highest BCUT2D eigenvalue weighted by molar-refractivity contribution is 5.80. The fourth-order valence-electron chi connectivity index (χ4n) is 2.44. The molecule has 2 aromatic carbocycles. The second kappa shape index (κ2) is 8.78. The van der Waals surface area contributed by atoms with Gasteiger partial charge in [-0.25, -0.2) is 0 Å². The monoisotopic (exact) mass is 342 g/mol. The molecule has 0 aliphatic rings. The van der Waals surface area contributed by atoms with Crippen molar-refractivity contribution in [3.05, 3.63) is 59.9 Å². The van der Waals surface area contributed by atoms with Crippen molar-refractivity contribution in [3.8, 4) is 17.2 Å². The Morgan fingerprint density at radius 3 is 2.20 bits per heavy atom. The summed E-state index contributed by atoms with van der Waals surface area (Å²) in [6.07, 6.45) is 3.12. The lowest BCUT2D eigenvalue weighted by molar-refractivity contribution is -0.139. The molecule has 0 bridgehead atoms. The van der Waals surface area contributed by atoms with Gasteiger partial charge in [-0.3, -0.25) is 4.79 Å². The Morgan fingerprint density at radius 2 is 1.60 bits per heavy atom. The lowest BCUT2D eigenvalue weighted by atomic mass is 9.99. The van der Waals surface area contributed by atoms with Crippen LogP contribution in [0.4, 0.5) is 0 Å². The fraction of sp³-hybridized carbons (Fsp3) is 0.250. The molecule has 2 rings (SSSR count).